The lowest BCUT2D eigenvalue weighted by Gasteiger charge is -2.10. The average Bonchev–Trinajstić information content (AvgIpc) is 2.34. The molecule has 0 spiro atoms. The number of nitrogen functional groups attached to an aromatic ring is 1. The van der Waals surface area contributed by atoms with Gasteiger partial charge in [0.05, 0.1) is 15.7 Å². The number of rotatable bonds is 6. The summed E-state index contributed by atoms with van der Waals surface area (Å²) in [7, 11) is 4.05. The van der Waals surface area contributed by atoms with Gasteiger partial charge < -0.3 is 16.0 Å². The van der Waals surface area contributed by atoms with Gasteiger partial charge >= 0.3 is 0 Å². The van der Waals surface area contributed by atoms with E-state index in [1.54, 1.807) is 0 Å². The lowest BCUT2D eigenvalue weighted by atomic mass is 10.2. The monoisotopic (exact) mass is 303 g/mol. The summed E-state index contributed by atoms with van der Waals surface area (Å²) in [5.74, 6) is -0.185. The third-order valence-electron chi connectivity index (χ3n) is 2.64. The zero-order valence-electron chi connectivity index (χ0n) is 11.2. The van der Waals surface area contributed by atoms with Gasteiger partial charge in [0.1, 0.15) is 0 Å². The van der Waals surface area contributed by atoms with E-state index in [4.69, 9.17) is 28.9 Å². The van der Waals surface area contributed by atoms with Gasteiger partial charge in [0, 0.05) is 12.1 Å². The molecule has 0 bridgehead atoms. The van der Waals surface area contributed by atoms with Crippen LogP contribution in [-0.4, -0.2) is 38.0 Å². The molecule has 1 rings (SSSR count). The summed E-state index contributed by atoms with van der Waals surface area (Å²) >= 11 is 11.7. The summed E-state index contributed by atoms with van der Waals surface area (Å²) in [4.78, 5) is 14.0. The van der Waals surface area contributed by atoms with E-state index in [0.717, 1.165) is 19.4 Å². The second-order valence-electron chi connectivity index (χ2n) is 4.63. The zero-order valence-corrected chi connectivity index (χ0v) is 12.7. The van der Waals surface area contributed by atoms with E-state index in [0.29, 0.717) is 22.8 Å². The van der Waals surface area contributed by atoms with Crippen LogP contribution in [0.3, 0.4) is 0 Å². The second-order valence-corrected chi connectivity index (χ2v) is 5.41. The number of amides is 1. The highest BCUT2D eigenvalue weighted by atomic mass is 35.5. The largest absolute Gasteiger partial charge is 0.397 e. The molecule has 0 saturated heterocycles. The Bertz CT molecular complexity index is 427. The molecule has 106 valence electrons. The molecule has 3 N–H and O–H groups in total. The van der Waals surface area contributed by atoms with Crippen LogP contribution in [0.15, 0.2) is 12.1 Å². The molecule has 0 aromatic heterocycles. The van der Waals surface area contributed by atoms with Crippen molar-refractivity contribution in [3.05, 3.63) is 27.7 Å². The predicted octanol–water partition coefficient (Wildman–Crippen LogP) is 2.65. The lowest BCUT2D eigenvalue weighted by molar-refractivity contribution is 0.0953. The topological polar surface area (TPSA) is 58.4 Å². The summed E-state index contributed by atoms with van der Waals surface area (Å²) < 4.78 is 0. The number of carbonyl (C=O) groups is 1. The number of nitrogens with zero attached hydrogens (tertiary/aromatic N) is 1. The molecular formula is C13H19Cl2N3O. The van der Waals surface area contributed by atoms with Crippen molar-refractivity contribution in [1.29, 1.82) is 0 Å². The maximum Gasteiger partial charge on any atom is 0.251 e. The van der Waals surface area contributed by atoms with Gasteiger partial charge in [-0.1, -0.05) is 23.2 Å². The number of halogens is 2. The van der Waals surface area contributed by atoms with Gasteiger partial charge in [0.25, 0.3) is 5.91 Å². The molecule has 0 saturated carbocycles. The average molecular weight is 304 g/mol. The first-order chi connectivity index (χ1) is 8.91. The van der Waals surface area contributed by atoms with Crippen LogP contribution in [0.2, 0.25) is 10.0 Å². The van der Waals surface area contributed by atoms with Gasteiger partial charge in [0.15, 0.2) is 0 Å². The van der Waals surface area contributed by atoms with Crippen LogP contribution in [0, 0.1) is 0 Å². The minimum absolute atomic E-state index is 0.185. The maximum absolute atomic E-state index is 11.9. The van der Waals surface area contributed by atoms with Crippen LogP contribution in [-0.2, 0) is 0 Å². The molecular weight excluding hydrogens is 285 g/mol. The van der Waals surface area contributed by atoms with Crippen molar-refractivity contribution < 1.29 is 4.79 Å². The fraction of sp³-hybridized carbons (Fsp3) is 0.462. The van der Waals surface area contributed by atoms with Crippen LogP contribution in [0.5, 0.6) is 0 Å². The van der Waals surface area contributed by atoms with Crippen LogP contribution in [0.25, 0.3) is 0 Å². The second kappa shape index (κ2) is 7.58. The summed E-state index contributed by atoms with van der Waals surface area (Å²) in [5, 5.41) is 3.40. The number of carbonyl (C=O) groups excluding carboxylic acids is 1. The number of nitrogens with one attached hydrogen (secondary N) is 1. The molecule has 0 aliphatic carbocycles. The van der Waals surface area contributed by atoms with Crippen LogP contribution in [0.4, 0.5) is 5.69 Å². The van der Waals surface area contributed by atoms with Crippen molar-refractivity contribution >= 4 is 34.8 Å². The summed E-state index contributed by atoms with van der Waals surface area (Å²) in [6.45, 7) is 1.64. The standard InChI is InChI=1S/C13H19Cl2N3O/c1-18(2)6-4-3-5-17-13(19)9-7-10(14)12(15)11(16)8-9/h7-8H,3-6,16H2,1-2H3,(H,17,19). The van der Waals surface area contributed by atoms with Gasteiger partial charge in [-0.2, -0.15) is 0 Å². The van der Waals surface area contributed by atoms with Crippen molar-refractivity contribution in [1.82, 2.24) is 10.2 Å². The summed E-state index contributed by atoms with van der Waals surface area (Å²) in [5.41, 5.74) is 6.41. The number of hydrogen-bond donors (Lipinski definition) is 2. The van der Waals surface area contributed by atoms with Crippen LogP contribution in [0.1, 0.15) is 23.2 Å². The Morgan fingerprint density at radius 1 is 1.32 bits per heavy atom. The van der Waals surface area contributed by atoms with Crippen molar-refractivity contribution in [2.45, 2.75) is 12.8 Å². The molecule has 0 radical (unpaired) electrons. The quantitative estimate of drug-likeness (QED) is 0.627. The Morgan fingerprint density at radius 2 is 2.00 bits per heavy atom. The zero-order chi connectivity index (χ0) is 14.4. The van der Waals surface area contributed by atoms with Crippen molar-refractivity contribution in [3.8, 4) is 0 Å². The Morgan fingerprint density at radius 3 is 2.58 bits per heavy atom. The van der Waals surface area contributed by atoms with Crippen molar-refractivity contribution in [2.24, 2.45) is 0 Å². The third-order valence-corrected chi connectivity index (χ3v) is 3.45. The molecule has 19 heavy (non-hydrogen) atoms. The highest BCUT2D eigenvalue weighted by Crippen LogP contribution is 2.29. The Labute approximate surface area is 123 Å². The van der Waals surface area contributed by atoms with Gasteiger partial charge in [-0.3, -0.25) is 4.79 Å². The maximum atomic E-state index is 11.9. The first kappa shape index (κ1) is 16.1. The normalized spacial score (nSPS) is 10.8. The van der Waals surface area contributed by atoms with E-state index in [1.165, 1.54) is 12.1 Å². The van der Waals surface area contributed by atoms with Gasteiger partial charge in [0.2, 0.25) is 0 Å². The molecule has 0 aliphatic heterocycles. The van der Waals surface area contributed by atoms with Crippen LogP contribution >= 0.6 is 23.2 Å². The molecule has 0 heterocycles. The van der Waals surface area contributed by atoms with Crippen LogP contribution < -0.4 is 11.1 Å². The summed E-state index contributed by atoms with van der Waals surface area (Å²) in [6.07, 6.45) is 1.97. The molecule has 1 amide bonds. The molecule has 0 atom stereocenters. The van der Waals surface area contributed by atoms with E-state index < -0.39 is 0 Å². The van der Waals surface area contributed by atoms with Crippen molar-refractivity contribution in [2.75, 3.05) is 32.9 Å². The number of unbranched alkanes of at least 4 members (excludes halogenated alkanes) is 1. The third kappa shape index (κ3) is 5.27. The van der Waals surface area contributed by atoms with Gasteiger partial charge in [-0.15, -0.1) is 0 Å². The van der Waals surface area contributed by atoms with E-state index in [1.807, 2.05) is 14.1 Å². The van der Waals surface area contributed by atoms with E-state index in [-0.39, 0.29) is 10.9 Å². The molecule has 0 aliphatic rings. The Kier molecular flexibility index (Phi) is 6.42. The lowest BCUT2D eigenvalue weighted by Crippen LogP contribution is -2.25. The Hall–Kier alpha value is -0.970. The van der Waals surface area contributed by atoms with E-state index >= 15 is 0 Å². The SMILES string of the molecule is CN(C)CCCCNC(=O)c1cc(N)c(Cl)c(Cl)c1. The fourth-order valence-electron chi connectivity index (χ4n) is 1.60. The fourth-order valence-corrected chi connectivity index (χ4v) is 1.93. The number of anilines is 1. The molecule has 4 nitrogen and oxygen atoms in total. The highest BCUT2D eigenvalue weighted by Gasteiger charge is 2.10. The van der Waals surface area contributed by atoms with Gasteiger partial charge in [-0.05, 0) is 45.6 Å². The first-order valence-electron chi connectivity index (χ1n) is 6.09. The minimum atomic E-state index is -0.185. The molecule has 0 unspecified atom stereocenters. The molecule has 1 aromatic rings. The van der Waals surface area contributed by atoms with E-state index in [9.17, 15) is 4.79 Å². The number of hydrogen-bond acceptors (Lipinski definition) is 3. The highest BCUT2D eigenvalue weighted by molar-refractivity contribution is 6.43. The van der Waals surface area contributed by atoms with Crippen molar-refractivity contribution in [3.63, 3.8) is 0 Å². The molecule has 0 fully saturated rings. The minimum Gasteiger partial charge on any atom is -0.397 e. The number of nitrogens with two attached hydrogens (primary N) is 1. The molecule has 6 heteroatoms. The van der Waals surface area contributed by atoms with Gasteiger partial charge in [-0.25, -0.2) is 0 Å². The number of benzene rings is 1. The predicted molar refractivity (Wildman–Crippen MR) is 81.0 cm³/mol. The first-order valence-corrected chi connectivity index (χ1v) is 6.85. The molecule has 1 aromatic carbocycles. The smallest absolute Gasteiger partial charge is 0.251 e. The Balaban J connectivity index is 2.46. The van der Waals surface area contributed by atoms with E-state index in [2.05, 4.69) is 10.2 Å². The summed E-state index contributed by atoms with van der Waals surface area (Å²) in [6, 6.07) is 3.05.